The zero-order valence-electron chi connectivity index (χ0n) is 10.8. The molecule has 0 rings (SSSR count). The van der Waals surface area contributed by atoms with E-state index in [1.165, 1.54) is 0 Å². The summed E-state index contributed by atoms with van der Waals surface area (Å²) in [6.45, 7) is 7.09. The van der Waals surface area contributed by atoms with Gasteiger partial charge in [-0.25, -0.2) is 0 Å². The van der Waals surface area contributed by atoms with Crippen LogP contribution in [0.1, 0.15) is 46.5 Å². The summed E-state index contributed by atoms with van der Waals surface area (Å²) in [6.07, 6.45) is 3.31. The Kier molecular flexibility index (Phi) is 9.24. The highest BCUT2D eigenvalue weighted by Gasteiger charge is 2.06. The molecule has 0 aromatic rings. The Morgan fingerprint density at radius 1 is 1.31 bits per heavy atom. The van der Waals surface area contributed by atoms with Crippen LogP contribution in [-0.4, -0.2) is 36.2 Å². The van der Waals surface area contributed by atoms with Crippen molar-refractivity contribution < 1.29 is 9.90 Å². The molecular weight excluding hydrogens is 204 g/mol. The minimum Gasteiger partial charge on any atom is -0.393 e. The molecule has 0 aliphatic carbocycles. The molecule has 2 atom stereocenters. The first-order valence-electron chi connectivity index (χ1n) is 6.28. The van der Waals surface area contributed by atoms with Crippen molar-refractivity contribution in [3.05, 3.63) is 0 Å². The maximum Gasteiger partial charge on any atom is 0.234 e. The first-order chi connectivity index (χ1) is 7.60. The predicted molar refractivity (Wildman–Crippen MR) is 66.3 cm³/mol. The molecule has 0 heterocycles. The quantitative estimate of drug-likeness (QED) is 0.519. The van der Waals surface area contributed by atoms with Gasteiger partial charge < -0.3 is 15.7 Å². The third-order valence-corrected chi connectivity index (χ3v) is 2.54. The van der Waals surface area contributed by atoms with E-state index in [2.05, 4.69) is 17.6 Å². The molecule has 0 spiro atoms. The van der Waals surface area contributed by atoms with Crippen molar-refractivity contribution in [2.24, 2.45) is 0 Å². The summed E-state index contributed by atoms with van der Waals surface area (Å²) in [5.74, 6) is 0.0342. The van der Waals surface area contributed by atoms with E-state index in [9.17, 15) is 9.90 Å². The summed E-state index contributed by atoms with van der Waals surface area (Å²) in [7, 11) is 0. The zero-order chi connectivity index (χ0) is 12.4. The highest BCUT2D eigenvalue weighted by Crippen LogP contribution is 1.95. The number of carbonyl (C=O) groups is 1. The van der Waals surface area contributed by atoms with Crippen molar-refractivity contribution in [3.63, 3.8) is 0 Å². The molecule has 0 aliphatic heterocycles. The zero-order valence-corrected chi connectivity index (χ0v) is 10.8. The first-order valence-corrected chi connectivity index (χ1v) is 6.28. The third-order valence-electron chi connectivity index (χ3n) is 2.54. The van der Waals surface area contributed by atoms with Gasteiger partial charge in [0.1, 0.15) is 0 Å². The maximum atomic E-state index is 11.4. The van der Waals surface area contributed by atoms with Crippen LogP contribution in [0, 0.1) is 0 Å². The van der Waals surface area contributed by atoms with E-state index in [0.29, 0.717) is 19.5 Å². The summed E-state index contributed by atoms with van der Waals surface area (Å²) in [5, 5.41) is 15.2. The highest BCUT2D eigenvalue weighted by atomic mass is 16.3. The Hall–Kier alpha value is -0.610. The third kappa shape index (κ3) is 8.68. The second kappa shape index (κ2) is 9.60. The smallest absolute Gasteiger partial charge is 0.234 e. The van der Waals surface area contributed by atoms with E-state index in [1.807, 2.05) is 13.8 Å². The van der Waals surface area contributed by atoms with E-state index in [1.54, 1.807) is 0 Å². The Bertz CT molecular complexity index is 186. The van der Waals surface area contributed by atoms with Crippen molar-refractivity contribution in [1.82, 2.24) is 10.6 Å². The molecule has 3 N–H and O–H groups in total. The van der Waals surface area contributed by atoms with Crippen LogP contribution < -0.4 is 10.6 Å². The summed E-state index contributed by atoms with van der Waals surface area (Å²) in [6, 6.07) is 0.250. The molecule has 1 amide bonds. The van der Waals surface area contributed by atoms with E-state index in [-0.39, 0.29) is 18.1 Å². The lowest BCUT2D eigenvalue weighted by Crippen LogP contribution is -2.39. The molecule has 4 nitrogen and oxygen atoms in total. The van der Waals surface area contributed by atoms with E-state index < -0.39 is 0 Å². The molecule has 2 unspecified atom stereocenters. The van der Waals surface area contributed by atoms with Gasteiger partial charge in [0, 0.05) is 6.04 Å². The van der Waals surface area contributed by atoms with Gasteiger partial charge in [-0.2, -0.15) is 0 Å². The van der Waals surface area contributed by atoms with E-state index in [0.717, 1.165) is 19.3 Å². The summed E-state index contributed by atoms with van der Waals surface area (Å²) in [4.78, 5) is 11.4. The van der Waals surface area contributed by atoms with E-state index >= 15 is 0 Å². The molecule has 0 radical (unpaired) electrons. The average molecular weight is 230 g/mol. The van der Waals surface area contributed by atoms with Crippen molar-refractivity contribution in [3.8, 4) is 0 Å². The SMILES string of the molecule is CCCC(C)NC(=O)CNCCC(O)CC. The standard InChI is InChI=1S/C12H26N2O2/c1-4-6-10(3)14-12(16)9-13-8-7-11(15)5-2/h10-11,13,15H,4-9H2,1-3H3,(H,14,16). The fraction of sp³-hybridized carbons (Fsp3) is 0.917. The van der Waals surface area contributed by atoms with Gasteiger partial charge in [-0.3, -0.25) is 4.79 Å². The summed E-state index contributed by atoms with van der Waals surface area (Å²) < 4.78 is 0. The molecule has 16 heavy (non-hydrogen) atoms. The molecule has 0 saturated carbocycles. The van der Waals surface area contributed by atoms with Gasteiger partial charge in [0.2, 0.25) is 5.91 Å². The van der Waals surface area contributed by atoms with Gasteiger partial charge in [-0.05, 0) is 32.7 Å². The number of carbonyl (C=O) groups excluding carboxylic acids is 1. The van der Waals surface area contributed by atoms with Crippen LogP contribution >= 0.6 is 0 Å². The van der Waals surface area contributed by atoms with Gasteiger partial charge in [0.25, 0.3) is 0 Å². The molecule has 0 bridgehead atoms. The monoisotopic (exact) mass is 230 g/mol. The maximum absolute atomic E-state index is 11.4. The fourth-order valence-corrected chi connectivity index (χ4v) is 1.51. The van der Waals surface area contributed by atoms with E-state index in [4.69, 9.17) is 0 Å². The topological polar surface area (TPSA) is 61.4 Å². The minimum absolute atomic E-state index is 0.0342. The number of nitrogens with one attached hydrogen (secondary N) is 2. The van der Waals surface area contributed by atoms with Crippen LogP contribution in [-0.2, 0) is 4.79 Å². The lowest BCUT2D eigenvalue weighted by atomic mass is 10.2. The Balaban J connectivity index is 3.43. The van der Waals surface area contributed by atoms with Crippen LogP contribution in [0.4, 0.5) is 0 Å². The van der Waals surface area contributed by atoms with Gasteiger partial charge in [-0.15, -0.1) is 0 Å². The number of aliphatic hydroxyl groups is 1. The number of hydrogen-bond acceptors (Lipinski definition) is 3. The van der Waals surface area contributed by atoms with Crippen LogP contribution in [0.2, 0.25) is 0 Å². The molecular formula is C12H26N2O2. The predicted octanol–water partition coefficient (Wildman–Crippen LogP) is 1.04. The summed E-state index contributed by atoms with van der Waals surface area (Å²) >= 11 is 0. The molecule has 0 saturated heterocycles. The fourth-order valence-electron chi connectivity index (χ4n) is 1.51. The van der Waals surface area contributed by atoms with Crippen LogP contribution in [0.25, 0.3) is 0 Å². The Morgan fingerprint density at radius 2 is 2.00 bits per heavy atom. The van der Waals surface area contributed by atoms with Crippen molar-refractivity contribution in [1.29, 1.82) is 0 Å². The number of rotatable bonds is 9. The first kappa shape index (κ1) is 15.4. The molecule has 4 heteroatoms. The highest BCUT2D eigenvalue weighted by molar-refractivity contribution is 5.78. The van der Waals surface area contributed by atoms with Crippen LogP contribution in [0.3, 0.4) is 0 Å². The second-order valence-corrected chi connectivity index (χ2v) is 4.28. The molecule has 0 aromatic heterocycles. The van der Waals surface area contributed by atoms with Crippen LogP contribution in [0.15, 0.2) is 0 Å². The van der Waals surface area contributed by atoms with Crippen molar-refractivity contribution in [2.75, 3.05) is 13.1 Å². The lowest BCUT2D eigenvalue weighted by molar-refractivity contribution is -0.120. The minimum atomic E-state index is -0.255. The normalized spacial score (nSPS) is 14.5. The van der Waals surface area contributed by atoms with Gasteiger partial charge in [-0.1, -0.05) is 20.3 Å². The van der Waals surface area contributed by atoms with Gasteiger partial charge in [0.05, 0.1) is 12.6 Å². The largest absolute Gasteiger partial charge is 0.393 e. The van der Waals surface area contributed by atoms with Crippen molar-refractivity contribution in [2.45, 2.75) is 58.6 Å². The average Bonchev–Trinajstić information content (AvgIpc) is 2.24. The van der Waals surface area contributed by atoms with Gasteiger partial charge >= 0.3 is 0 Å². The molecule has 0 fully saturated rings. The Labute approximate surface area is 98.8 Å². The van der Waals surface area contributed by atoms with Gasteiger partial charge in [0.15, 0.2) is 0 Å². The molecule has 0 aromatic carbocycles. The van der Waals surface area contributed by atoms with Crippen LogP contribution in [0.5, 0.6) is 0 Å². The number of amides is 1. The number of hydrogen-bond donors (Lipinski definition) is 3. The second-order valence-electron chi connectivity index (χ2n) is 4.28. The number of aliphatic hydroxyl groups excluding tert-OH is 1. The Morgan fingerprint density at radius 3 is 2.56 bits per heavy atom. The lowest BCUT2D eigenvalue weighted by Gasteiger charge is -2.13. The molecule has 96 valence electrons. The molecule has 0 aliphatic rings. The van der Waals surface area contributed by atoms with Crippen molar-refractivity contribution >= 4 is 5.91 Å². The summed E-state index contributed by atoms with van der Waals surface area (Å²) in [5.41, 5.74) is 0.